The van der Waals surface area contributed by atoms with Crippen LogP contribution in [0.15, 0.2) is 30.5 Å². The van der Waals surface area contributed by atoms with Gasteiger partial charge in [-0.05, 0) is 12.1 Å². The van der Waals surface area contributed by atoms with Gasteiger partial charge in [0.2, 0.25) is 0 Å². The zero-order valence-corrected chi connectivity index (χ0v) is 15.0. The van der Waals surface area contributed by atoms with Crippen molar-refractivity contribution < 1.29 is 26.1 Å². The maximum Gasteiger partial charge on any atom is 0.272 e. The molecule has 12 heteroatoms. The Morgan fingerprint density at radius 1 is 1.40 bits per heavy atom. The maximum atomic E-state index is 14.0. The van der Waals surface area contributed by atoms with Crippen molar-refractivity contribution in [2.45, 2.75) is 12.3 Å². The second-order valence-electron chi connectivity index (χ2n) is 4.85. The average Bonchev–Trinajstić information content (AvgIpc) is 2.82. The first-order chi connectivity index (χ1) is 11.9. The molecule has 25 heavy (non-hydrogen) atoms. The molecular formula is C13H8F2IN3O5S. The van der Waals surface area contributed by atoms with Crippen molar-refractivity contribution in [1.82, 2.24) is 4.98 Å². The summed E-state index contributed by atoms with van der Waals surface area (Å²) in [7, 11) is 0. The zero-order chi connectivity index (χ0) is 18.1. The molecule has 0 aliphatic carbocycles. The van der Waals surface area contributed by atoms with E-state index in [9.17, 15) is 24.0 Å². The summed E-state index contributed by atoms with van der Waals surface area (Å²) in [5.41, 5.74) is -0.258. The van der Waals surface area contributed by atoms with E-state index in [1.807, 2.05) is 0 Å². The first kappa shape index (κ1) is 18.0. The van der Waals surface area contributed by atoms with Gasteiger partial charge in [0.1, 0.15) is 46.9 Å². The third kappa shape index (κ3) is 3.47. The highest BCUT2D eigenvalue weighted by Gasteiger charge is 2.42. The first-order valence-corrected chi connectivity index (χ1v) is 8.19. The van der Waals surface area contributed by atoms with Crippen LogP contribution in [0.2, 0.25) is 0 Å². The number of nitrogens with zero attached hydrogens (tertiary/aromatic N) is 3. The van der Waals surface area contributed by atoms with E-state index in [1.54, 1.807) is 23.0 Å². The molecule has 0 spiro atoms. The summed E-state index contributed by atoms with van der Waals surface area (Å²) in [5.74, 6) is -1.77. The number of hydrogen-bond donors (Lipinski definition) is 1. The zero-order valence-electron chi connectivity index (χ0n) is 12.0. The van der Waals surface area contributed by atoms with Gasteiger partial charge in [-0.25, -0.2) is 20.6 Å². The number of nitro groups is 1. The van der Waals surface area contributed by atoms with Gasteiger partial charge in [-0.1, -0.05) is 0 Å². The maximum absolute atomic E-state index is 14.0. The lowest BCUT2D eigenvalue weighted by Gasteiger charge is -2.22. The van der Waals surface area contributed by atoms with Crippen LogP contribution in [0.1, 0.15) is 11.7 Å². The van der Waals surface area contributed by atoms with Crippen molar-refractivity contribution in [2.24, 2.45) is 0 Å². The lowest BCUT2D eigenvalue weighted by Crippen LogP contribution is -2.31. The standard InChI is InChI=1S/C13H8F2IN3O5S/c14-6-3-8-11(13(20)18(25-24-16)12(8)17-5-6)23-10-2-1-7(19(21)22)4-9(10)15/h1-5,11,13,20H. The molecule has 2 atom stereocenters. The van der Waals surface area contributed by atoms with Gasteiger partial charge < -0.3 is 9.84 Å². The number of pyridine rings is 1. The van der Waals surface area contributed by atoms with E-state index in [2.05, 4.69) is 4.98 Å². The molecule has 0 saturated carbocycles. The summed E-state index contributed by atoms with van der Waals surface area (Å²) >= 11 is 2.32. The van der Waals surface area contributed by atoms with Crippen LogP contribution in [0.4, 0.5) is 20.3 Å². The van der Waals surface area contributed by atoms with Crippen LogP contribution < -0.4 is 9.04 Å². The molecule has 0 fully saturated rings. The Kier molecular flexibility index (Phi) is 5.21. The fourth-order valence-electron chi connectivity index (χ4n) is 2.32. The van der Waals surface area contributed by atoms with Crippen LogP contribution >= 0.6 is 35.2 Å². The highest BCUT2D eigenvalue weighted by Crippen LogP contribution is 2.44. The second kappa shape index (κ2) is 7.23. The molecule has 1 aromatic heterocycles. The van der Waals surface area contributed by atoms with E-state index in [0.29, 0.717) is 6.07 Å². The summed E-state index contributed by atoms with van der Waals surface area (Å²) in [4.78, 5) is 13.8. The van der Waals surface area contributed by atoms with E-state index in [-0.39, 0.29) is 17.1 Å². The summed E-state index contributed by atoms with van der Waals surface area (Å²) in [6.07, 6.45) is -1.56. The van der Waals surface area contributed by atoms with E-state index in [1.165, 1.54) is 4.31 Å². The van der Waals surface area contributed by atoms with Crippen molar-refractivity contribution in [3.05, 3.63) is 57.8 Å². The molecule has 2 heterocycles. The second-order valence-corrected chi connectivity index (χ2v) is 6.60. The van der Waals surface area contributed by atoms with Crippen molar-refractivity contribution in [1.29, 1.82) is 0 Å². The Morgan fingerprint density at radius 3 is 2.80 bits per heavy atom. The minimum atomic E-state index is -1.35. The van der Waals surface area contributed by atoms with Crippen molar-refractivity contribution in [3.63, 3.8) is 0 Å². The third-order valence-corrected chi connectivity index (χ3v) is 4.47. The largest absolute Gasteiger partial charge is 0.478 e. The predicted octanol–water partition coefficient (Wildman–Crippen LogP) is 3.46. The van der Waals surface area contributed by atoms with Gasteiger partial charge in [0, 0.05) is 11.6 Å². The van der Waals surface area contributed by atoms with Gasteiger partial charge in [0.15, 0.2) is 23.9 Å². The normalized spacial score (nSPS) is 19.0. The molecule has 0 bridgehead atoms. The molecule has 0 saturated heterocycles. The smallest absolute Gasteiger partial charge is 0.272 e. The van der Waals surface area contributed by atoms with Crippen molar-refractivity contribution in [3.8, 4) is 5.75 Å². The van der Waals surface area contributed by atoms with Gasteiger partial charge >= 0.3 is 0 Å². The molecule has 2 aromatic rings. The number of nitro benzene ring substituents is 1. The lowest BCUT2D eigenvalue weighted by atomic mass is 10.1. The fourth-order valence-corrected chi connectivity index (χ4v) is 3.32. The summed E-state index contributed by atoms with van der Waals surface area (Å²) in [6, 6.07) is 3.93. The number of aromatic nitrogens is 1. The highest BCUT2D eigenvalue weighted by atomic mass is 127. The number of non-ortho nitro benzene ring substituents is 1. The number of halogens is 3. The molecule has 3 rings (SSSR count). The molecule has 1 aromatic carbocycles. The number of aliphatic hydroxyl groups excluding tert-OH is 1. The molecule has 1 aliphatic heterocycles. The Balaban J connectivity index is 1.95. The summed E-state index contributed by atoms with van der Waals surface area (Å²) < 4.78 is 39.1. The third-order valence-electron chi connectivity index (χ3n) is 3.38. The number of benzene rings is 1. The molecule has 0 amide bonds. The number of aliphatic hydroxyl groups is 1. The Hall–Kier alpha value is -1.77. The van der Waals surface area contributed by atoms with Crippen molar-refractivity contribution in [2.75, 3.05) is 4.31 Å². The highest BCUT2D eigenvalue weighted by molar-refractivity contribution is 14.1. The molecule has 1 aliphatic rings. The number of rotatable bonds is 5. The molecular weight excluding hydrogens is 475 g/mol. The molecule has 8 nitrogen and oxygen atoms in total. The number of anilines is 1. The lowest BCUT2D eigenvalue weighted by molar-refractivity contribution is -0.385. The van der Waals surface area contributed by atoms with Gasteiger partial charge in [-0.2, -0.15) is 0 Å². The Labute approximate surface area is 157 Å². The van der Waals surface area contributed by atoms with Gasteiger partial charge in [-0.15, -0.1) is 0 Å². The van der Waals surface area contributed by atoms with Crippen LogP contribution in [-0.4, -0.2) is 21.2 Å². The number of ether oxygens (including phenoxy) is 1. The molecule has 0 radical (unpaired) electrons. The van der Waals surface area contributed by atoms with Crippen LogP contribution in [0.3, 0.4) is 0 Å². The minimum Gasteiger partial charge on any atom is -0.478 e. The van der Waals surface area contributed by atoms with Crippen molar-refractivity contribution >= 4 is 46.7 Å². The predicted molar refractivity (Wildman–Crippen MR) is 91.8 cm³/mol. The summed E-state index contributed by atoms with van der Waals surface area (Å²) in [5, 5.41) is 21.1. The fraction of sp³-hybridized carbons (Fsp3) is 0.154. The van der Waals surface area contributed by atoms with Crippen LogP contribution in [-0.2, 0) is 2.51 Å². The molecule has 132 valence electrons. The first-order valence-electron chi connectivity index (χ1n) is 6.61. The summed E-state index contributed by atoms with van der Waals surface area (Å²) in [6.45, 7) is 0. The van der Waals surface area contributed by atoms with Gasteiger partial charge in [-0.3, -0.25) is 10.1 Å². The SMILES string of the molecule is O=[N+]([O-])c1ccc(OC2c3cc(F)cnc3N(SOI)C2O)c(F)c1. The topological polar surface area (TPSA) is 98.0 Å². The number of hydrogen-bond acceptors (Lipinski definition) is 8. The van der Waals surface area contributed by atoms with Gasteiger partial charge in [0.05, 0.1) is 17.2 Å². The van der Waals surface area contributed by atoms with Crippen LogP contribution in [0.25, 0.3) is 0 Å². The minimum absolute atomic E-state index is 0.186. The number of fused-ring (bicyclic) bond motifs is 1. The van der Waals surface area contributed by atoms with E-state index >= 15 is 0 Å². The Morgan fingerprint density at radius 2 is 2.16 bits per heavy atom. The molecule has 2 unspecified atom stereocenters. The average molecular weight is 483 g/mol. The van der Waals surface area contributed by atoms with E-state index in [0.717, 1.165) is 36.6 Å². The van der Waals surface area contributed by atoms with Gasteiger partial charge in [0.25, 0.3) is 5.69 Å². The van der Waals surface area contributed by atoms with E-state index in [4.69, 9.17) is 7.25 Å². The monoisotopic (exact) mass is 483 g/mol. The Bertz CT molecular complexity index is 830. The van der Waals surface area contributed by atoms with Crippen LogP contribution in [0.5, 0.6) is 5.75 Å². The van der Waals surface area contributed by atoms with Crippen LogP contribution in [0, 0.1) is 21.7 Å². The quantitative estimate of drug-likeness (QED) is 0.227. The molecule has 1 N–H and O–H groups in total. The van der Waals surface area contributed by atoms with E-state index < -0.39 is 34.6 Å².